The van der Waals surface area contributed by atoms with E-state index in [2.05, 4.69) is 21.3 Å². The number of amides is 11. The van der Waals surface area contributed by atoms with E-state index in [9.17, 15) is 57.5 Å². The lowest BCUT2D eigenvalue weighted by Gasteiger charge is -2.42. The Labute approximate surface area is 690 Å². The molecule has 37 heteroatoms. The summed E-state index contributed by atoms with van der Waals surface area (Å²) in [4.78, 5) is 234. The van der Waals surface area contributed by atoms with Gasteiger partial charge in [-0.1, -0.05) is 109 Å². The molecule has 0 radical (unpaired) electrons. The number of ether oxygens (including phenoxy) is 8. The highest BCUT2D eigenvalue weighted by atomic mass is 16.8. The first kappa shape index (κ1) is 106. The average Bonchev–Trinajstić information content (AvgIpc) is 0.798. The number of nitrogens with one attached hydrogen (secondary N) is 4. The molecule has 1 rings (SSSR count). The van der Waals surface area contributed by atoms with Crippen molar-refractivity contribution in [1.29, 1.82) is 0 Å². The van der Waals surface area contributed by atoms with Crippen LogP contribution >= 0.6 is 0 Å². The molecule has 0 aromatic heterocycles. The molecule has 0 aromatic carbocycles. The number of hydrogen-bond donors (Lipinski definition) is 6. The molecule has 1 saturated heterocycles. The number of allylic oxidation sites excluding steroid dienone is 2. The third-order valence-corrected chi connectivity index (χ3v) is 19.6. The molecular weight excluding hydrogens is 1530 g/mol. The van der Waals surface area contributed by atoms with Gasteiger partial charge in [0.2, 0.25) is 71.8 Å². The predicted molar refractivity (Wildman–Crippen MR) is 429 cm³/mol. The summed E-state index contributed by atoms with van der Waals surface area (Å²) in [6.07, 6.45) is -1.05. The zero-order valence-corrected chi connectivity index (χ0v) is 73.5. The van der Waals surface area contributed by atoms with Crippen LogP contribution in [-0.2, 0) is 110 Å². The molecule has 1 aliphatic heterocycles. The molecule has 668 valence electrons. The van der Waals surface area contributed by atoms with Gasteiger partial charge in [0.05, 0.1) is 65.4 Å². The summed E-state index contributed by atoms with van der Waals surface area (Å²) in [5.74, 6) is -15.7. The first-order chi connectivity index (χ1) is 54.6. The SMILES string of the molecule is C/C=C/C[C@@H](C)C(OC(=O)OCOC(=O)C[C@@H](N)C(=O)OCCOCCOCCOCCOC(=O)CCC(=O)O)C1C(=O)NC(CC)C(=O)N(C)CC(=O)N(C)[C@@H](CC(C)C)C(=O)NC(C(C)C)C(=O)N(C)C(CC(C)C)C(=O)N[C@@H](C)C(=O)NC(C)C(=O)N(C)[C@H](CC(C)C)C(=O)N(C)C(CC(C)C)C(=O)N(C)C(C(C)C)C(=O)N1C. The predicted octanol–water partition coefficient (Wildman–Crippen LogP) is 2.65. The lowest BCUT2D eigenvalue weighted by molar-refractivity contribution is -0.161. The summed E-state index contributed by atoms with van der Waals surface area (Å²) in [6.45, 7) is 27.3. The van der Waals surface area contributed by atoms with Crippen molar-refractivity contribution in [3.63, 3.8) is 0 Å². The summed E-state index contributed by atoms with van der Waals surface area (Å²) < 4.78 is 42.4. The van der Waals surface area contributed by atoms with Gasteiger partial charge in [0.1, 0.15) is 85.8 Å². The van der Waals surface area contributed by atoms with Crippen LogP contribution in [0.4, 0.5) is 4.79 Å². The van der Waals surface area contributed by atoms with Crippen molar-refractivity contribution >= 4 is 95.0 Å². The third kappa shape index (κ3) is 36.3. The maximum absolute atomic E-state index is 15.8. The Morgan fingerprint density at radius 3 is 1.42 bits per heavy atom. The molecule has 37 nitrogen and oxygen atoms in total. The van der Waals surface area contributed by atoms with E-state index < -0.39 is 205 Å². The van der Waals surface area contributed by atoms with Gasteiger partial charge in [-0.25, -0.2) is 4.79 Å². The summed E-state index contributed by atoms with van der Waals surface area (Å²) in [6, 6.07) is -15.3. The second-order valence-electron chi connectivity index (χ2n) is 32.1. The Morgan fingerprint density at radius 1 is 0.479 bits per heavy atom. The number of carbonyl (C=O) groups excluding carboxylic acids is 15. The number of carbonyl (C=O) groups is 16. The van der Waals surface area contributed by atoms with Crippen LogP contribution < -0.4 is 27.0 Å². The zero-order valence-electron chi connectivity index (χ0n) is 73.5. The topological polar surface area (TPSA) is 464 Å². The molecule has 0 aliphatic carbocycles. The minimum Gasteiger partial charge on any atom is -0.481 e. The van der Waals surface area contributed by atoms with Crippen LogP contribution in [-0.4, -0.2) is 323 Å². The van der Waals surface area contributed by atoms with Gasteiger partial charge in [0, 0.05) is 49.3 Å². The highest BCUT2D eigenvalue weighted by Crippen LogP contribution is 2.28. The lowest BCUT2D eigenvalue weighted by Crippen LogP contribution is -2.64. The van der Waals surface area contributed by atoms with Crippen molar-refractivity contribution in [2.75, 3.05) is 116 Å². The zero-order chi connectivity index (χ0) is 89.6. The van der Waals surface area contributed by atoms with Crippen LogP contribution in [0.1, 0.15) is 175 Å². The highest BCUT2D eigenvalue weighted by Gasteiger charge is 2.48. The molecule has 1 heterocycles. The Kier molecular flexibility index (Phi) is 48.3. The summed E-state index contributed by atoms with van der Waals surface area (Å²) in [7, 11) is 9.42. The smallest absolute Gasteiger partial charge is 0.481 e. The molecular formula is C80H138N12O25. The van der Waals surface area contributed by atoms with Crippen molar-refractivity contribution in [1.82, 2.24) is 55.6 Å². The Hall–Kier alpha value is -9.10. The molecule has 0 saturated carbocycles. The van der Waals surface area contributed by atoms with E-state index >= 15 is 19.2 Å². The van der Waals surface area contributed by atoms with Gasteiger partial charge in [-0.2, -0.15) is 0 Å². The normalized spacial score (nSPS) is 22.8. The van der Waals surface area contributed by atoms with Gasteiger partial charge < -0.3 is 104 Å². The first-order valence-electron chi connectivity index (χ1n) is 40.3. The molecule has 0 aromatic rings. The Balaban J connectivity index is 4.08. The van der Waals surface area contributed by atoms with E-state index in [1.54, 1.807) is 60.6 Å². The van der Waals surface area contributed by atoms with E-state index in [0.29, 0.717) is 0 Å². The quantitative estimate of drug-likeness (QED) is 0.0173. The molecule has 0 bridgehead atoms. The van der Waals surface area contributed by atoms with E-state index in [-0.39, 0.29) is 128 Å². The number of hydrogen-bond acceptors (Lipinski definition) is 25. The fourth-order valence-corrected chi connectivity index (χ4v) is 12.8. The van der Waals surface area contributed by atoms with Crippen LogP contribution in [0.2, 0.25) is 0 Å². The fourth-order valence-electron chi connectivity index (χ4n) is 12.8. The van der Waals surface area contributed by atoms with Crippen LogP contribution in [0.3, 0.4) is 0 Å². The highest BCUT2D eigenvalue weighted by molar-refractivity contribution is 6.00. The Morgan fingerprint density at radius 2 is 0.932 bits per heavy atom. The van der Waals surface area contributed by atoms with Gasteiger partial charge in [-0.15, -0.1) is 0 Å². The molecule has 1 aliphatic rings. The first-order valence-corrected chi connectivity index (χ1v) is 40.3. The minimum atomic E-state index is -1.92. The number of nitrogens with two attached hydrogens (primary N) is 1. The van der Waals surface area contributed by atoms with Crippen molar-refractivity contribution in [2.45, 2.75) is 248 Å². The standard InChI is InChI=1S/C80H138N12O25/c1-25-27-28-52(15)68(117-80(109)116-45-115-64(97)43-55(81)79(108)114-38-36-112-34-32-110-31-33-111-35-37-113-63(96)30-29-62(94)95)67-72(101)84-56(26-2)74(103)86(18)44-61(93)87(19)57(39-46(3)4)71(100)85-65(50(11)12)77(106)88(20)58(40-47(5)6)70(99)82-53(16)69(98)83-54(17)73(102)89(21)59(41-48(7)8)75(104)90(22)60(42-49(9)10)76(105)91(23)66(51(13)14)78(107)92(67)24/h25,27,46-60,65-68H,26,28-45,81H2,1-24H3,(H,82,99)(H,83,98)(H,84,101)(H,85,100)(H,94,95)/b27-25+/t52-,53+,54?,55-,56?,57+,58?,59-,60?,65?,66?,67?,68?/m1/s1. The fraction of sp³-hybridized carbons (Fsp3) is 0.775. The monoisotopic (exact) mass is 1670 g/mol. The molecule has 117 heavy (non-hydrogen) atoms. The largest absolute Gasteiger partial charge is 0.511 e. The van der Waals surface area contributed by atoms with Gasteiger partial charge >= 0.3 is 30.0 Å². The number of likely N-dealkylation sites (N-methyl/N-ethyl adjacent to an activating group) is 7. The minimum absolute atomic E-state index is 0.0297. The number of nitrogens with zero attached hydrogens (tertiary/aromatic N) is 7. The van der Waals surface area contributed by atoms with Crippen molar-refractivity contribution in [3.8, 4) is 0 Å². The molecule has 8 unspecified atom stereocenters. The summed E-state index contributed by atoms with van der Waals surface area (Å²) >= 11 is 0. The maximum atomic E-state index is 15.8. The second kappa shape index (κ2) is 53.4. The molecule has 7 N–H and O–H groups in total. The van der Waals surface area contributed by atoms with E-state index in [1.165, 1.54) is 77.9 Å². The third-order valence-electron chi connectivity index (χ3n) is 19.6. The van der Waals surface area contributed by atoms with Gasteiger partial charge in [0.15, 0.2) is 0 Å². The molecule has 11 amide bonds. The van der Waals surface area contributed by atoms with Crippen LogP contribution in [0.5, 0.6) is 0 Å². The van der Waals surface area contributed by atoms with Crippen molar-refractivity contribution in [2.24, 2.45) is 47.2 Å². The summed E-state index contributed by atoms with van der Waals surface area (Å²) in [5, 5.41) is 19.6. The molecule has 1 fully saturated rings. The number of carboxylic acid groups (broad SMARTS) is 1. The summed E-state index contributed by atoms with van der Waals surface area (Å²) in [5.41, 5.74) is 5.95. The second-order valence-corrected chi connectivity index (χ2v) is 32.1. The van der Waals surface area contributed by atoms with Gasteiger partial charge in [-0.3, -0.25) is 71.9 Å². The van der Waals surface area contributed by atoms with Crippen LogP contribution in [0.15, 0.2) is 12.2 Å². The number of rotatable bonds is 36. The van der Waals surface area contributed by atoms with E-state index in [0.717, 1.165) is 19.6 Å². The van der Waals surface area contributed by atoms with Crippen molar-refractivity contribution in [3.05, 3.63) is 12.2 Å². The lowest BCUT2D eigenvalue weighted by atomic mass is 9.91. The molecule has 13 atom stereocenters. The number of esters is 3. The Bertz CT molecular complexity index is 3300. The van der Waals surface area contributed by atoms with Gasteiger partial charge in [-0.05, 0) is 101 Å². The van der Waals surface area contributed by atoms with Crippen LogP contribution in [0, 0.1) is 41.4 Å². The number of carboxylic acids is 1. The number of aliphatic carboxylic acids is 1. The van der Waals surface area contributed by atoms with E-state index in [1.807, 2.05) is 55.4 Å². The maximum Gasteiger partial charge on any atom is 0.511 e. The average molecular weight is 1670 g/mol. The molecule has 0 spiro atoms. The van der Waals surface area contributed by atoms with Crippen molar-refractivity contribution < 1.29 is 120 Å². The van der Waals surface area contributed by atoms with Gasteiger partial charge in [0.25, 0.3) is 0 Å². The van der Waals surface area contributed by atoms with E-state index in [4.69, 9.17) is 48.7 Å². The van der Waals surface area contributed by atoms with Crippen LogP contribution in [0.25, 0.3) is 0 Å².